The molecule has 0 saturated carbocycles. The molecule has 0 bridgehead atoms. The number of nitrogens with two attached hydrogens (primary N) is 1. The number of piperazine rings is 1. The van der Waals surface area contributed by atoms with E-state index in [2.05, 4.69) is 5.32 Å². The molecule has 0 radical (unpaired) electrons. The van der Waals surface area contributed by atoms with Crippen LogP contribution in [0.4, 0.5) is 10.5 Å². The van der Waals surface area contributed by atoms with Gasteiger partial charge in [0.2, 0.25) is 0 Å². The van der Waals surface area contributed by atoms with Crippen molar-refractivity contribution in [1.29, 1.82) is 0 Å². The van der Waals surface area contributed by atoms with Gasteiger partial charge in [0.05, 0.1) is 0 Å². The quantitative estimate of drug-likeness (QED) is 0.300. The normalized spacial score (nSPS) is 13.7. The molecule has 35 heavy (non-hydrogen) atoms. The molecule has 1 aromatic heterocycles. The molecule has 1 aliphatic heterocycles. The summed E-state index contributed by atoms with van der Waals surface area (Å²) in [6, 6.07) is 16.0. The van der Waals surface area contributed by atoms with Gasteiger partial charge in [0.1, 0.15) is 0 Å². The monoisotopic (exact) mass is 490 g/mol. The predicted octanol–water partition coefficient (Wildman–Crippen LogP) is 3.32. The number of carbonyl (C=O) groups excluding carboxylic acids is 4. The van der Waals surface area contributed by atoms with Crippen molar-refractivity contribution in [2.24, 2.45) is 0 Å². The number of imide groups is 1. The lowest BCUT2D eigenvalue weighted by molar-refractivity contribution is -0.153. The molecule has 2 aromatic carbocycles. The molecule has 0 spiro atoms. The van der Waals surface area contributed by atoms with E-state index in [9.17, 15) is 19.2 Å². The van der Waals surface area contributed by atoms with Crippen molar-refractivity contribution in [1.82, 2.24) is 15.1 Å². The number of amides is 4. The first kappa shape index (κ1) is 24.2. The topological polar surface area (TPSA) is 113 Å². The Morgan fingerprint density at radius 2 is 1.80 bits per heavy atom. The number of thiophene rings is 1. The maximum Gasteiger partial charge on any atom is 0.324 e. The average Bonchev–Trinajstić information content (AvgIpc) is 3.41. The number of Topliss-reactive ketones (excluding diaryl/α,β-unsaturated/α-hetero) is 1. The third kappa shape index (κ3) is 5.41. The highest BCUT2D eigenvalue weighted by molar-refractivity contribution is 7.13. The number of ketones is 1. The van der Waals surface area contributed by atoms with E-state index >= 15 is 0 Å². The number of urea groups is 1. The molecule has 0 atom stereocenters. The van der Waals surface area contributed by atoms with Crippen LogP contribution in [0.5, 0.6) is 0 Å². The van der Waals surface area contributed by atoms with Gasteiger partial charge in [0, 0.05) is 48.7 Å². The minimum atomic E-state index is -0.820. The second kappa shape index (κ2) is 10.5. The standard InChI is InChI=1S/C26H26N4O4S/c1-2-29-11-12-30(25(33)24(29)32)26(34)28-16-17-5-7-18(8-6-17)22(31)15-20-14-19(9-10-21(20)27)23-4-3-13-35-23/h3-10,13-14H,2,11-12,15-16,27H2,1H3,(H,28,34). The van der Waals surface area contributed by atoms with Crippen molar-refractivity contribution in [3.05, 3.63) is 76.7 Å². The predicted molar refractivity (Wildman–Crippen MR) is 135 cm³/mol. The van der Waals surface area contributed by atoms with Crippen LogP contribution in [-0.2, 0) is 22.6 Å². The molecular formula is C26H26N4O4S. The summed E-state index contributed by atoms with van der Waals surface area (Å²) < 4.78 is 0. The molecular weight excluding hydrogens is 464 g/mol. The Morgan fingerprint density at radius 1 is 1.03 bits per heavy atom. The minimum absolute atomic E-state index is 0.0616. The third-order valence-corrected chi connectivity index (χ3v) is 6.87. The Labute approximate surface area is 207 Å². The number of hydrogen-bond acceptors (Lipinski definition) is 6. The SMILES string of the molecule is CCN1CCN(C(=O)NCc2ccc(C(=O)Cc3cc(-c4cccs4)ccc3N)cc2)C(=O)C1=O. The summed E-state index contributed by atoms with van der Waals surface area (Å²) in [5.41, 5.74) is 9.80. The Balaban J connectivity index is 1.35. The van der Waals surface area contributed by atoms with Gasteiger partial charge in [-0.05, 0) is 47.2 Å². The largest absolute Gasteiger partial charge is 0.398 e. The highest BCUT2D eigenvalue weighted by Gasteiger charge is 2.35. The van der Waals surface area contributed by atoms with E-state index in [0.29, 0.717) is 24.3 Å². The van der Waals surface area contributed by atoms with Crippen LogP contribution in [-0.4, -0.2) is 53.1 Å². The van der Waals surface area contributed by atoms with Crippen molar-refractivity contribution >= 4 is 40.7 Å². The second-order valence-electron chi connectivity index (χ2n) is 8.19. The summed E-state index contributed by atoms with van der Waals surface area (Å²) in [6.45, 7) is 2.86. The van der Waals surface area contributed by atoms with Crippen LogP contribution >= 0.6 is 11.3 Å². The first-order chi connectivity index (χ1) is 16.9. The van der Waals surface area contributed by atoms with Crippen LogP contribution in [0, 0.1) is 0 Å². The van der Waals surface area contributed by atoms with Crippen molar-refractivity contribution in [2.45, 2.75) is 19.9 Å². The number of nitrogens with one attached hydrogen (secondary N) is 1. The summed E-state index contributed by atoms with van der Waals surface area (Å²) in [5, 5.41) is 4.67. The number of carbonyl (C=O) groups is 4. The van der Waals surface area contributed by atoms with Gasteiger partial charge in [0.25, 0.3) is 0 Å². The molecule has 1 aliphatic rings. The summed E-state index contributed by atoms with van der Waals surface area (Å²) >= 11 is 1.63. The van der Waals surface area contributed by atoms with Crippen molar-refractivity contribution < 1.29 is 19.2 Å². The number of rotatable bonds is 7. The highest BCUT2D eigenvalue weighted by Crippen LogP contribution is 2.28. The van der Waals surface area contributed by atoms with Crippen molar-refractivity contribution in [3.63, 3.8) is 0 Å². The number of nitrogen functional groups attached to an aromatic ring is 1. The van der Waals surface area contributed by atoms with Crippen LogP contribution in [0.3, 0.4) is 0 Å². The molecule has 1 saturated heterocycles. The zero-order valence-corrected chi connectivity index (χ0v) is 20.1. The zero-order chi connectivity index (χ0) is 24.9. The minimum Gasteiger partial charge on any atom is -0.398 e. The van der Waals surface area contributed by atoms with E-state index in [1.807, 2.05) is 35.7 Å². The lowest BCUT2D eigenvalue weighted by atomic mass is 9.99. The number of likely N-dealkylation sites (N-methyl/N-ethyl adjacent to an activating group) is 1. The van der Waals surface area contributed by atoms with Crippen LogP contribution in [0.1, 0.15) is 28.4 Å². The molecule has 9 heteroatoms. The van der Waals surface area contributed by atoms with E-state index in [1.54, 1.807) is 42.5 Å². The number of hydrogen-bond donors (Lipinski definition) is 2. The lowest BCUT2D eigenvalue weighted by Crippen LogP contribution is -2.58. The average molecular weight is 491 g/mol. The van der Waals surface area contributed by atoms with E-state index in [0.717, 1.165) is 26.5 Å². The molecule has 0 unspecified atom stereocenters. The Bertz CT molecular complexity index is 1250. The molecule has 3 aromatic rings. The van der Waals surface area contributed by atoms with E-state index in [1.165, 1.54) is 4.90 Å². The van der Waals surface area contributed by atoms with Gasteiger partial charge in [-0.2, -0.15) is 0 Å². The number of anilines is 1. The lowest BCUT2D eigenvalue weighted by Gasteiger charge is -2.31. The fourth-order valence-corrected chi connectivity index (χ4v) is 4.61. The molecule has 8 nitrogen and oxygen atoms in total. The van der Waals surface area contributed by atoms with Crippen LogP contribution < -0.4 is 11.1 Å². The molecule has 180 valence electrons. The molecule has 3 N–H and O–H groups in total. The number of nitrogens with zero attached hydrogens (tertiary/aromatic N) is 2. The second-order valence-corrected chi connectivity index (χ2v) is 9.14. The van der Waals surface area contributed by atoms with Crippen LogP contribution in [0.15, 0.2) is 60.0 Å². The maximum atomic E-state index is 12.9. The number of benzene rings is 2. The van der Waals surface area contributed by atoms with Crippen molar-refractivity contribution in [2.75, 3.05) is 25.4 Å². The van der Waals surface area contributed by atoms with E-state index in [-0.39, 0.29) is 25.3 Å². The van der Waals surface area contributed by atoms with Gasteiger partial charge < -0.3 is 16.0 Å². The molecule has 4 amide bonds. The van der Waals surface area contributed by atoms with Gasteiger partial charge in [0.15, 0.2) is 5.78 Å². The van der Waals surface area contributed by atoms with Crippen LogP contribution in [0.25, 0.3) is 10.4 Å². The Kier molecular flexibility index (Phi) is 7.26. The smallest absolute Gasteiger partial charge is 0.324 e. The van der Waals surface area contributed by atoms with Gasteiger partial charge >= 0.3 is 17.8 Å². The Hall–Kier alpha value is -3.98. The highest BCUT2D eigenvalue weighted by atomic mass is 32.1. The van der Waals surface area contributed by atoms with Crippen molar-refractivity contribution in [3.8, 4) is 10.4 Å². The van der Waals surface area contributed by atoms with Gasteiger partial charge in [-0.1, -0.05) is 36.4 Å². The van der Waals surface area contributed by atoms with E-state index < -0.39 is 17.8 Å². The maximum absolute atomic E-state index is 12.9. The zero-order valence-electron chi connectivity index (χ0n) is 19.3. The Morgan fingerprint density at radius 3 is 2.49 bits per heavy atom. The van der Waals surface area contributed by atoms with Crippen LogP contribution in [0.2, 0.25) is 0 Å². The first-order valence-electron chi connectivity index (χ1n) is 11.3. The van der Waals surface area contributed by atoms with Gasteiger partial charge in [-0.25, -0.2) is 4.79 Å². The molecule has 2 heterocycles. The van der Waals surface area contributed by atoms with Gasteiger partial charge in [-0.3, -0.25) is 19.3 Å². The molecule has 1 fully saturated rings. The first-order valence-corrected chi connectivity index (χ1v) is 12.2. The van der Waals surface area contributed by atoms with Gasteiger partial charge in [-0.15, -0.1) is 11.3 Å². The molecule has 0 aliphatic carbocycles. The summed E-state index contributed by atoms with van der Waals surface area (Å²) in [5.74, 6) is -1.55. The van der Waals surface area contributed by atoms with E-state index in [4.69, 9.17) is 5.73 Å². The molecule has 4 rings (SSSR count). The summed E-state index contributed by atoms with van der Waals surface area (Å²) in [6.07, 6.45) is 0.182. The summed E-state index contributed by atoms with van der Waals surface area (Å²) in [7, 11) is 0. The fourth-order valence-electron chi connectivity index (χ4n) is 3.88. The fraction of sp³-hybridized carbons (Fsp3) is 0.231. The summed E-state index contributed by atoms with van der Waals surface area (Å²) in [4.78, 5) is 52.9. The third-order valence-electron chi connectivity index (χ3n) is 5.96.